The van der Waals surface area contributed by atoms with Gasteiger partial charge in [-0.2, -0.15) is 0 Å². The van der Waals surface area contributed by atoms with Gasteiger partial charge < -0.3 is 10.2 Å². The highest BCUT2D eigenvalue weighted by molar-refractivity contribution is 7.92. The predicted molar refractivity (Wildman–Crippen MR) is 152 cm³/mol. The topological polar surface area (TPSA) is 86.8 Å². The van der Waals surface area contributed by atoms with E-state index in [1.807, 2.05) is 20.8 Å². The molecule has 0 aliphatic heterocycles. The van der Waals surface area contributed by atoms with Crippen LogP contribution in [-0.2, 0) is 26.2 Å². The molecule has 1 atom stereocenters. The molecular formula is C28H31Cl2N3O4S. The van der Waals surface area contributed by atoms with Crippen LogP contribution in [-0.4, -0.2) is 43.3 Å². The molecule has 38 heavy (non-hydrogen) atoms. The molecule has 7 nitrogen and oxygen atoms in total. The maximum atomic E-state index is 13.9. The smallest absolute Gasteiger partial charge is 0.264 e. The first-order valence-corrected chi connectivity index (χ1v) is 14.2. The molecule has 10 heteroatoms. The summed E-state index contributed by atoms with van der Waals surface area (Å²) in [6.45, 7) is 6.59. The van der Waals surface area contributed by atoms with Gasteiger partial charge in [0.25, 0.3) is 10.0 Å². The average Bonchev–Trinajstić information content (AvgIpc) is 2.85. The van der Waals surface area contributed by atoms with Crippen LogP contribution in [0.1, 0.15) is 33.3 Å². The van der Waals surface area contributed by atoms with Crippen LogP contribution in [0.2, 0.25) is 10.0 Å². The average molecular weight is 577 g/mol. The molecule has 0 saturated carbocycles. The van der Waals surface area contributed by atoms with Crippen molar-refractivity contribution in [1.29, 1.82) is 0 Å². The number of rotatable bonds is 9. The first-order chi connectivity index (χ1) is 17.8. The largest absolute Gasteiger partial charge is 0.350 e. The maximum absolute atomic E-state index is 13.9. The van der Waals surface area contributed by atoms with Crippen LogP contribution in [0, 0.1) is 0 Å². The summed E-state index contributed by atoms with van der Waals surface area (Å²) in [6.07, 6.45) is 0. The summed E-state index contributed by atoms with van der Waals surface area (Å²) in [5.74, 6) is -0.955. The van der Waals surface area contributed by atoms with Gasteiger partial charge >= 0.3 is 0 Å². The molecule has 2 amide bonds. The number of nitrogens with zero attached hydrogens (tertiary/aromatic N) is 2. The van der Waals surface area contributed by atoms with Gasteiger partial charge in [0, 0.05) is 17.1 Å². The highest BCUT2D eigenvalue weighted by Gasteiger charge is 2.34. The molecule has 0 bridgehead atoms. The summed E-state index contributed by atoms with van der Waals surface area (Å²) < 4.78 is 28.5. The Morgan fingerprint density at radius 3 is 2.16 bits per heavy atom. The number of anilines is 1. The van der Waals surface area contributed by atoms with E-state index >= 15 is 0 Å². The van der Waals surface area contributed by atoms with Crippen LogP contribution in [0.5, 0.6) is 0 Å². The third-order valence-electron chi connectivity index (χ3n) is 5.64. The van der Waals surface area contributed by atoms with Crippen molar-refractivity contribution in [3.05, 3.63) is 94.5 Å². The molecule has 0 unspecified atom stereocenters. The fourth-order valence-electron chi connectivity index (χ4n) is 3.78. The molecule has 0 heterocycles. The van der Waals surface area contributed by atoms with E-state index < -0.39 is 34.1 Å². The Labute approximate surface area is 234 Å². The van der Waals surface area contributed by atoms with Crippen molar-refractivity contribution in [1.82, 2.24) is 10.2 Å². The molecule has 3 aromatic carbocycles. The van der Waals surface area contributed by atoms with E-state index in [2.05, 4.69) is 5.32 Å². The van der Waals surface area contributed by atoms with Crippen LogP contribution < -0.4 is 9.62 Å². The summed E-state index contributed by atoms with van der Waals surface area (Å²) in [4.78, 5) is 28.3. The lowest BCUT2D eigenvalue weighted by Gasteiger charge is -2.33. The molecule has 0 aliphatic carbocycles. The number of sulfonamides is 1. The summed E-state index contributed by atoms with van der Waals surface area (Å²) >= 11 is 12.6. The Hall–Kier alpha value is -3.07. The zero-order valence-electron chi connectivity index (χ0n) is 21.7. The zero-order chi connectivity index (χ0) is 28.1. The number of para-hydroxylation sites is 1. The highest BCUT2D eigenvalue weighted by atomic mass is 35.5. The number of nitrogens with one attached hydrogen (secondary N) is 1. The summed E-state index contributed by atoms with van der Waals surface area (Å²) in [5.41, 5.74) is 0.313. The number of hydrogen-bond donors (Lipinski definition) is 1. The van der Waals surface area contributed by atoms with E-state index in [4.69, 9.17) is 23.2 Å². The fourth-order valence-corrected chi connectivity index (χ4v) is 5.73. The van der Waals surface area contributed by atoms with E-state index in [9.17, 15) is 18.0 Å². The molecular weight excluding hydrogens is 545 g/mol. The quantitative estimate of drug-likeness (QED) is 0.364. The summed E-state index contributed by atoms with van der Waals surface area (Å²) in [7, 11) is -4.18. The van der Waals surface area contributed by atoms with Gasteiger partial charge in [0.1, 0.15) is 12.6 Å². The van der Waals surface area contributed by atoms with Crippen LogP contribution in [0.3, 0.4) is 0 Å². The van der Waals surface area contributed by atoms with Gasteiger partial charge in [-0.25, -0.2) is 8.42 Å². The van der Waals surface area contributed by atoms with E-state index in [1.54, 1.807) is 67.6 Å². The zero-order valence-corrected chi connectivity index (χ0v) is 24.0. The SMILES string of the molecule is C[C@@H](C(=O)NC(C)(C)C)N(Cc1cccc(Cl)c1)C(=O)CN(c1ccccc1Cl)S(=O)(=O)c1ccccc1. The Kier molecular flexibility index (Phi) is 9.46. The van der Waals surface area contributed by atoms with E-state index in [1.165, 1.54) is 23.1 Å². The molecule has 0 aliphatic rings. The molecule has 0 fully saturated rings. The standard InChI is InChI=1S/C28H31Cl2N3O4S/c1-20(27(35)31-28(2,3)4)32(18-21-11-10-12-22(29)17-21)26(34)19-33(25-16-9-8-15-24(25)30)38(36,37)23-13-6-5-7-14-23/h5-17,20H,18-19H2,1-4H3,(H,31,35)/t20-/m0/s1. The molecule has 0 aromatic heterocycles. The monoisotopic (exact) mass is 575 g/mol. The van der Waals surface area contributed by atoms with Crippen molar-refractivity contribution in [2.24, 2.45) is 0 Å². The second-order valence-electron chi connectivity index (χ2n) is 9.84. The van der Waals surface area contributed by atoms with Gasteiger partial charge in [-0.05, 0) is 69.7 Å². The van der Waals surface area contributed by atoms with Crippen molar-refractivity contribution in [2.45, 2.75) is 50.7 Å². The van der Waals surface area contributed by atoms with Gasteiger partial charge in [-0.3, -0.25) is 13.9 Å². The van der Waals surface area contributed by atoms with Gasteiger partial charge in [0.05, 0.1) is 15.6 Å². The normalized spacial score (nSPS) is 12.5. The van der Waals surface area contributed by atoms with E-state index in [0.717, 1.165) is 4.31 Å². The first-order valence-electron chi connectivity index (χ1n) is 12.0. The molecule has 0 radical (unpaired) electrons. The van der Waals surface area contributed by atoms with Crippen molar-refractivity contribution in [2.75, 3.05) is 10.8 Å². The van der Waals surface area contributed by atoms with Gasteiger partial charge in [-0.1, -0.05) is 65.7 Å². The van der Waals surface area contributed by atoms with Gasteiger partial charge in [0.2, 0.25) is 11.8 Å². The second kappa shape index (κ2) is 12.2. The Bertz CT molecular complexity index is 1390. The number of carbonyl (C=O) groups is 2. The Morgan fingerprint density at radius 2 is 1.55 bits per heavy atom. The molecule has 3 aromatic rings. The number of amides is 2. The second-order valence-corrected chi connectivity index (χ2v) is 12.5. The Morgan fingerprint density at radius 1 is 0.921 bits per heavy atom. The highest BCUT2D eigenvalue weighted by Crippen LogP contribution is 2.30. The number of carbonyl (C=O) groups excluding carboxylic acids is 2. The van der Waals surface area contributed by atoms with Crippen LogP contribution in [0.4, 0.5) is 5.69 Å². The van der Waals surface area contributed by atoms with Crippen molar-refractivity contribution >= 4 is 50.7 Å². The lowest BCUT2D eigenvalue weighted by atomic mass is 10.1. The van der Waals surface area contributed by atoms with Crippen molar-refractivity contribution in [3.63, 3.8) is 0 Å². The first kappa shape index (κ1) is 29.5. The predicted octanol–water partition coefficient (Wildman–Crippen LogP) is 5.52. The third kappa shape index (κ3) is 7.49. The fraction of sp³-hybridized carbons (Fsp3) is 0.286. The Balaban J connectivity index is 2.04. The third-order valence-corrected chi connectivity index (χ3v) is 7.97. The van der Waals surface area contributed by atoms with Crippen LogP contribution in [0.15, 0.2) is 83.8 Å². The van der Waals surface area contributed by atoms with Crippen LogP contribution >= 0.6 is 23.2 Å². The van der Waals surface area contributed by atoms with Crippen molar-refractivity contribution < 1.29 is 18.0 Å². The summed E-state index contributed by atoms with van der Waals surface area (Å²) in [5, 5.41) is 3.53. The minimum Gasteiger partial charge on any atom is -0.350 e. The lowest BCUT2D eigenvalue weighted by molar-refractivity contribution is -0.140. The van der Waals surface area contributed by atoms with E-state index in [0.29, 0.717) is 10.6 Å². The molecule has 3 rings (SSSR count). The molecule has 202 valence electrons. The van der Waals surface area contributed by atoms with E-state index in [-0.39, 0.29) is 28.1 Å². The molecule has 0 saturated heterocycles. The number of halogens is 2. The molecule has 1 N–H and O–H groups in total. The minimum absolute atomic E-state index is 0.00707. The number of benzene rings is 3. The maximum Gasteiger partial charge on any atom is 0.264 e. The number of hydrogen-bond acceptors (Lipinski definition) is 4. The van der Waals surface area contributed by atoms with Crippen molar-refractivity contribution in [3.8, 4) is 0 Å². The summed E-state index contributed by atoms with van der Waals surface area (Å²) in [6, 6.07) is 20.2. The van der Waals surface area contributed by atoms with Crippen LogP contribution in [0.25, 0.3) is 0 Å². The lowest BCUT2D eigenvalue weighted by Crippen LogP contribution is -2.54. The minimum atomic E-state index is -4.18. The van der Waals surface area contributed by atoms with Gasteiger partial charge in [0.15, 0.2) is 0 Å². The molecule has 0 spiro atoms. The van der Waals surface area contributed by atoms with Gasteiger partial charge in [-0.15, -0.1) is 0 Å².